The van der Waals surface area contributed by atoms with E-state index >= 15 is 0 Å². The molecule has 1 unspecified atom stereocenters. The van der Waals surface area contributed by atoms with Crippen molar-refractivity contribution in [2.45, 2.75) is 32.7 Å². The molecule has 110 valence electrons. The smallest absolute Gasteiger partial charge is 0.0850 e. The van der Waals surface area contributed by atoms with Crippen LogP contribution in [0.1, 0.15) is 37.0 Å². The van der Waals surface area contributed by atoms with Crippen molar-refractivity contribution in [2.24, 2.45) is 14.1 Å². The Morgan fingerprint density at radius 2 is 2.05 bits per heavy atom. The summed E-state index contributed by atoms with van der Waals surface area (Å²) in [6, 6.07) is 2.19. The first kappa shape index (κ1) is 15.1. The SMILES string of the molecule is CCNC(Cc1c(Cl)c(CC)nn1C)c1ccn(C)n1. The van der Waals surface area contributed by atoms with Gasteiger partial charge in [-0.25, -0.2) is 0 Å². The van der Waals surface area contributed by atoms with Gasteiger partial charge in [0.25, 0.3) is 0 Å². The maximum atomic E-state index is 6.43. The molecule has 0 saturated carbocycles. The summed E-state index contributed by atoms with van der Waals surface area (Å²) in [6.07, 6.45) is 3.59. The average Bonchev–Trinajstić information content (AvgIpc) is 2.96. The van der Waals surface area contributed by atoms with Gasteiger partial charge in [-0.2, -0.15) is 10.2 Å². The fourth-order valence-electron chi connectivity index (χ4n) is 2.38. The molecule has 2 aromatic rings. The molecule has 0 bridgehead atoms. The minimum Gasteiger partial charge on any atom is -0.309 e. The van der Waals surface area contributed by atoms with Crippen molar-refractivity contribution in [2.75, 3.05) is 6.54 Å². The molecule has 2 rings (SSSR count). The van der Waals surface area contributed by atoms with Crippen LogP contribution in [0, 0.1) is 0 Å². The van der Waals surface area contributed by atoms with Gasteiger partial charge in [0, 0.05) is 26.7 Å². The van der Waals surface area contributed by atoms with Crippen molar-refractivity contribution < 1.29 is 0 Å². The largest absolute Gasteiger partial charge is 0.309 e. The molecule has 1 atom stereocenters. The van der Waals surface area contributed by atoms with Crippen LogP contribution in [0.3, 0.4) is 0 Å². The normalized spacial score (nSPS) is 12.8. The Morgan fingerprint density at radius 3 is 2.55 bits per heavy atom. The predicted molar refractivity (Wildman–Crippen MR) is 80.9 cm³/mol. The lowest BCUT2D eigenvalue weighted by Gasteiger charge is -2.16. The molecule has 6 heteroatoms. The van der Waals surface area contributed by atoms with Gasteiger partial charge in [0.15, 0.2) is 0 Å². The number of nitrogens with zero attached hydrogens (tertiary/aromatic N) is 4. The minimum absolute atomic E-state index is 0.152. The molecule has 0 aliphatic carbocycles. The molecule has 2 heterocycles. The van der Waals surface area contributed by atoms with Gasteiger partial charge >= 0.3 is 0 Å². The van der Waals surface area contributed by atoms with E-state index in [-0.39, 0.29) is 6.04 Å². The van der Waals surface area contributed by atoms with Crippen LogP contribution in [0.15, 0.2) is 12.3 Å². The second-order valence-electron chi connectivity index (χ2n) is 4.91. The average molecular weight is 296 g/mol. The van der Waals surface area contributed by atoms with E-state index in [2.05, 4.69) is 29.4 Å². The summed E-state index contributed by atoms with van der Waals surface area (Å²) in [6.45, 7) is 5.05. The van der Waals surface area contributed by atoms with Gasteiger partial charge in [-0.05, 0) is 19.0 Å². The van der Waals surface area contributed by atoms with Crippen LogP contribution in [0.2, 0.25) is 5.02 Å². The third-order valence-corrected chi connectivity index (χ3v) is 3.88. The molecule has 5 nitrogen and oxygen atoms in total. The van der Waals surface area contributed by atoms with E-state index in [9.17, 15) is 0 Å². The number of hydrogen-bond acceptors (Lipinski definition) is 3. The van der Waals surface area contributed by atoms with Crippen LogP contribution < -0.4 is 5.32 Å². The lowest BCUT2D eigenvalue weighted by molar-refractivity contribution is 0.510. The van der Waals surface area contributed by atoms with E-state index in [0.29, 0.717) is 0 Å². The summed E-state index contributed by atoms with van der Waals surface area (Å²) >= 11 is 6.43. The molecular weight excluding hydrogens is 274 g/mol. The highest BCUT2D eigenvalue weighted by molar-refractivity contribution is 6.31. The predicted octanol–water partition coefficient (Wildman–Crippen LogP) is 2.26. The highest BCUT2D eigenvalue weighted by atomic mass is 35.5. The zero-order chi connectivity index (χ0) is 14.7. The maximum Gasteiger partial charge on any atom is 0.0850 e. The second-order valence-corrected chi connectivity index (χ2v) is 5.29. The Kier molecular flexibility index (Phi) is 4.83. The zero-order valence-corrected chi connectivity index (χ0v) is 13.3. The highest BCUT2D eigenvalue weighted by Crippen LogP contribution is 2.25. The monoisotopic (exact) mass is 295 g/mol. The van der Waals surface area contributed by atoms with Gasteiger partial charge in [0.1, 0.15) is 0 Å². The van der Waals surface area contributed by atoms with Crippen LogP contribution in [-0.2, 0) is 26.9 Å². The Balaban J connectivity index is 2.26. The number of hydrogen-bond donors (Lipinski definition) is 1. The van der Waals surface area contributed by atoms with Crippen LogP contribution in [0.5, 0.6) is 0 Å². The van der Waals surface area contributed by atoms with Crippen molar-refractivity contribution in [3.8, 4) is 0 Å². The van der Waals surface area contributed by atoms with Crippen LogP contribution >= 0.6 is 11.6 Å². The van der Waals surface area contributed by atoms with E-state index < -0.39 is 0 Å². The Bertz CT molecular complexity index is 572. The van der Waals surface area contributed by atoms with Crippen molar-refractivity contribution in [3.05, 3.63) is 34.4 Å². The van der Waals surface area contributed by atoms with Crippen molar-refractivity contribution in [3.63, 3.8) is 0 Å². The molecule has 0 saturated heterocycles. The molecular formula is C14H22ClN5. The maximum absolute atomic E-state index is 6.43. The van der Waals surface area contributed by atoms with Crippen molar-refractivity contribution in [1.82, 2.24) is 24.9 Å². The molecule has 0 aromatic carbocycles. The molecule has 0 aliphatic heterocycles. The summed E-state index contributed by atoms with van der Waals surface area (Å²) in [5, 5.41) is 13.2. The lowest BCUT2D eigenvalue weighted by Crippen LogP contribution is -2.24. The van der Waals surface area contributed by atoms with Gasteiger partial charge < -0.3 is 5.32 Å². The molecule has 0 fully saturated rings. The standard InChI is InChI=1S/C14H22ClN5/c1-5-10-14(15)13(20(4)18-10)9-12(16-6-2)11-7-8-19(3)17-11/h7-8,12,16H,5-6,9H2,1-4H3. The number of aromatic nitrogens is 4. The quantitative estimate of drug-likeness (QED) is 0.889. The minimum atomic E-state index is 0.152. The van der Waals surface area contributed by atoms with Crippen LogP contribution in [0.4, 0.5) is 0 Å². The van der Waals surface area contributed by atoms with Gasteiger partial charge in [-0.15, -0.1) is 0 Å². The van der Waals surface area contributed by atoms with E-state index in [1.165, 1.54) is 0 Å². The molecule has 1 N–H and O–H groups in total. The third-order valence-electron chi connectivity index (χ3n) is 3.44. The fraction of sp³-hybridized carbons (Fsp3) is 0.571. The molecule has 0 aliphatic rings. The first-order valence-electron chi connectivity index (χ1n) is 6.99. The van der Waals surface area contributed by atoms with Gasteiger partial charge in [-0.1, -0.05) is 25.4 Å². The van der Waals surface area contributed by atoms with Gasteiger partial charge in [-0.3, -0.25) is 9.36 Å². The number of nitrogens with one attached hydrogen (secondary N) is 1. The van der Waals surface area contributed by atoms with Gasteiger partial charge in [0.2, 0.25) is 0 Å². The summed E-state index contributed by atoms with van der Waals surface area (Å²) < 4.78 is 3.70. The Labute approximate surface area is 124 Å². The van der Waals surface area contributed by atoms with Crippen molar-refractivity contribution >= 4 is 11.6 Å². The van der Waals surface area contributed by atoms with E-state index in [1.54, 1.807) is 0 Å². The highest BCUT2D eigenvalue weighted by Gasteiger charge is 2.20. The molecule has 0 amide bonds. The lowest BCUT2D eigenvalue weighted by atomic mass is 10.1. The second kappa shape index (κ2) is 6.41. The number of rotatable bonds is 6. The first-order chi connectivity index (χ1) is 9.56. The van der Waals surface area contributed by atoms with E-state index in [1.807, 2.05) is 35.7 Å². The molecule has 2 aromatic heterocycles. The first-order valence-corrected chi connectivity index (χ1v) is 7.37. The summed E-state index contributed by atoms with van der Waals surface area (Å²) in [4.78, 5) is 0. The topological polar surface area (TPSA) is 47.7 Å². The fourth-order valence-corrected chi connectivity index (χ4v) is 2.75. The number of halogens is 1. The number of aryl methyl sites for hydroxylation is 3. The summed E-state index contributed by atoms with van der Waals surface area (Å²) in [7, 11) is 3.88. The van der Waals surface area contributed by atoms with Crippen molar-refractivity contribution in [1.29, 1.82) is 0 Å². The van der Waals surface area contributed by atoms with Gasteiger partial charge in [0.05, 0.1) is 28.1 Å². The Morgan fingerprint density at radius 1 is 1.30 bits per heavy atom. The molecule has 0 spiro atoms. The molecule has 20 heavy (non-hydrogen) atoms. The van der Waals surface area contributed by atoms with Crippen LogP contribution in [-0.4, -0.2) is 26.1 Å². The summed E-state index contributed by atoms with van der Waals surface area (Å²) in [5.74, 6) is 0. The van der Waals surface area contributed by atoms with E-state index in [0.717, 1.165) is 41.5 Å². The number of likely N-dealkylation sites (N-methyl/N-ethyl adjacent to an activating group) is 1. The van der Waals surface area contributed by atoms with E-state index in [4.69, 9.17) is 11.6 Å². The zero-order valence-electron chi connectivity index (χ0n) is 12.5. The van der Waals surface area contributed by atoms with Crippen LogP contribution in [0.25, 0.3) is 0 Å². The summed E-state index contributed by atoms with van der Waals surface area (Å²) in [5.41, 5.74) is 3.05. The molecule has 0 radical (unpaired) electrons. The Hall–Kier alpha value is -1.33. The third kappa shape index (κ3) is 3.04.